The minimum Gasteiger partial charge on any atom is -0.496 e. The molecule has 0 unspecified atom stereocenters. The highest BCUT2D eigenvalue weighted by molar-refractivity contribution is 5.43. The highest BCUT2D eigenvalue weighted by Crippen LogP contribution is 2.43. The van der Waals surface area contributed by atoms with Crippen LogP contribution in [0.5, 0.6) is 5.75 Å². The maximum atomic E-state index is 10.8. The summed E-state index contributed by atoms with van der Waals surface area (Å²) < 4.78 is 5.43. The SMILES string of the molecule is COc1ccc(C(C)(C)C)cc1C1(O)CCCC1. The topological polar surface area (TPSA) is 29.5 Å². The number of benzene rings is 1. The number of hydrogen-bond acceptors (Lipinski definition) is 2. The summed E-state index contributed by atoms with van der Waals surface area (Å²) in [6, 6.07) is 6.22. The molecule has 2 heteroatoms. The van der Waals surface area contributed by atoms with Gasteiger partial charge in [-0.05, 0) is 36.0 Å². The summed E-state index contributed by atoms with van der Waals surface area (Å²) in [5, 5.41) is 10.8. The highest BCUT2D eigenvalue weighted by Gasteiger charge is 2.36. The van der Waals surface area contributed by atoms with Crippen LogP contribution in [0.25, 0.3) is 0 Å². The van der Waals surface area contributed by atoms with E-state index in [1.807, 2.05) is 6.07 Å². The third-order valence-corrected chi connectivity index (χ3v) is 4.00. The summed E-state index contributed by atoms with van der Waals surface area (Å²) in [5.74, 6) is 0.812. The van der Waals surface area contributed by atoms with Crippen molar-refractivity contribution in [2.24, 2.45) is 0 Å². The van der Waals surface area contributed by atoms with Crippen molar-refractivity contribution >= 4 is 0 Å². The Bertz CT molecular complexity index is 423. The lowest BCUT2D eigenvalue weighted by molar-refractivity contribution is 0.0418. The van der Waals surface area contributed by atoms with Gasteiger partial charge in [0.25, 0.3) is 0 Å². The predicted molar refractivity (Wildman–Crippen MR) is 74.1 cm³/mol. The van der Waals surface area contributed by atoms with Crippen molar-refractivity contribution in [3.63, 3.8) is 0 Å². The van der Waals surface area contributed by atoms with Crippen LogP contribution in [0.15, 0.2) is 18.2 Å². The Balaban J connectivity index is 2.49. The zero-order valence-corrected chi connectivity index (χ0v) is 11.9. The Labute approximate surface area is 110 Å². The van der Waals surface area contributed by atoms with Crippen LogP contribution in [0, 0.1) is 0 Å². The Morgan fingerprint density at radius 2 is 1.78 bits per heavy atom. The van der Waals surface area contributed by atoms with E-state index in [2.05, 4.69) is 32.9 Å². The number of methoxy groups -OCH3 is 1. The van der Waals surface area contributed by atoms with Gasteiger partial charge < -0.3 is 9.84 Å². The quantitative estimate of drug-likeness (QED) is 0.863. The molecule has 1 fully saturated rings. The maximum absolute atomic E-state index is 10.8. The van der Waals surface area contributed by atoms with Gasteiger partial charge in [0.15, 0.2) is 0 Å². The molecule has 0 aromatic heterocycles. The molecule has 1 aliphatic rings. The van der Waals surface area contributed by atoms with E-state index in [1.165, 1.54) is 5.56 Å². The third-order valence-electron chi connectivity index (χ3n) is 4.00. The molecule has 0 atom stereocenters. The van der Waals surface area contributed by atoms with Gasteiger partial charge >= 0.3 is 0 Å². The van der Waals surface area contributed by atoms with Crippen LogP contribution in [0.4, 0.5) is 0 Å². The van der Waals surface area contributed by atoms with E-state index in [-0.39, 0.29) is 5.41 Å². The van der Waals surface area contributed by atoms with Crippen molar-refractivity contribution in [2.45, 2.75) is 57.5 Å². The summed E-state index contributed by atoms with van der Waals surface area (Å²) in [7, 11) is 1.67. The Morgan fingerprint density at radius 3 is 2.28 bits per heavy atom. The molecular formula is C16H24O2. The van der Waals surface area contributed by atoms with Crippen molar-refractivity contribution in [3.8, 4) is 5.75 Å². The molecule has 0 amide bonds. The van der Waals surface area contributed by atoms with Crippen molar-refractivity contribution in [1.29, 1.82) is 0 Å². The zero-order chi connectivity index (χ0) is 13.4. The lowest BCUT2D eigenvalue weighted by atomic mass is 9.82. The fourth-order valence-corrected chi connectivity index (χ4v) is 2.77. The Morgan fingerprint density at radius 1 is 1.17 bits per heavy atom. The molecule has 1 saturated carbocycles. The van der Waals surface area contributed by atoms with Gasteiger partial charge in [0.1, 0.15) is 5.75 Å². The van der Waals surface area contributed by atoms with Gasteiger partial charge in [-0.2, -0.15) is 0 Å². The fraction of sp³-hybridized carbons (Fsp3) is 0.625. The lowest BCUT2D eigenvalue weighted by Gasteiger charge is -2.28. The first-order chi connectivity index (χ1) is 8.37. The first-order valence-corrected chi connectivity index (χ1v) is 6.78. The highest BCUT2D eigenvalue weighted by atomic mass is 16.5. The van der Waals surface area contributed by atoms with E-state index in [9.17, 15) is 5.11 Å². The molecule has 0 heterocycles. The first-order valence-electron chi connectivity index (χ1n) is 6.78. The number of ether oxygens (including phenoxy) is 1. The number of aliphatic hydroxyl groups is 1. The van der Waals surface area contributed by atoms with Crippen LogP contribution in [0.2, 0.25) is 0 Å². The van der Waals surface area contributed by atoms with E-state index in [1.54, 1.807) is 7.11 Å². The molecule has 0 spiro atoms. The van der Waals surface area contributed by atoms with E-state index in [0.717, 1.165) is 37.0 Å². The van der Waals surface area contributed by atoms with Crippen molar-refractivity contribution < 1.29 is 9.84 Å². The molecule has 1 N–H and O–H groups in total. The lowest BCUT2D eigenvalue weighted by Crippen LogP contribution is -2.23. The first kappa shape index (κ1) is 13.4. The summed E-state index contributed by atoms with van der Waals surface area (Å²) in [6.07, 6.45) is 3.88. The second-order valence-electron chi connectivity index (χ2n) is 6.40. The van der Waals surface area contributed by atoms with Gasteiger partial charge in [0.05, 0.1) is 12.7 Å². The van der Waals surface area contributed by atoms with Gasteiger partial charge in [-0.3, -0.25) is 0 Å². The van der Waals surface area contributed by atoms with Crippen LogP contribution < -0.4 is 4.74 Å². The molecular weight excluding hydrogens is 224 g/mol. The summed E-state index contributed by atoms with van der Waals surface area (Å²) >= 11 is 0. The third kappa shape index (κ3) is 2.39. The van der Waals surface area contributed by atoms with Gasteiger partial charge in [0, 0.05) is 5.56 Å². The molecule has 0 aliphatic heterocycles. The minimum absolute atomic E-state index is 0.0932. The van der Waals surface area contributed by atoms with Gasteiger partial charge in [-0.15, -0.1) is 0 Å². The van der Waals surface area contributed by atoms with Crippen LogP contribution in [0.3, 0.4) is 0 Å². The normalized spacial score (nSPS) is 18.9. The molecule has 100 valence electrons. The molecule has 0 saturated heterocycles. The summed E-state index contributed by atoms with van der Waals surface area (Å²) in [6.45, 7) is 6.58. The van der Waals surface area contributed by atoms with Crippen molar-refractivity contribution in [1.82, 2.24) is 0 Å². The Kier molecular flexibility index (Phi) is 3.41. The second-order valence-corrected chi connectivity index (χ2v) is 6.40. The number of hydrogen-bond donors (Lipinski definition) is 1. The molecule has 0 bridgehead atoms. The molecule has 1 aromatic carbocycles. The van der Waals surface area contributed by atoms with Crippen LogP contribution >= 0.6 is 0 Å². The van der Waals surface area contributed by atoms with Crippen LogP contribution in [0.1, 0.15) is 57.6 Å². The predicted octanol–water partition coefficient (Wildman–Crippen LogP) is 3.75. The van der Waals surface area contributed by atoms with E-state index < -0.39 is 5.60 Å². The van der Waals surface area contributed by atoms with Gasteiger partial charge in [0.2, 0.25) is 0 Å². The molecule has 2 nitrogen and oxygen atoms in total. The molecule has 2 rings (SSSR count). The summed E-state index contributed by atoms with van der Waals surface area (Å²) in [4.78, 5) is 0. The van der Waals surface area contributed by atoms with Crippen LogP contribution in [-0.2, 0) is 11.0 Å². The van der Waals surface area contributed by atoms with E-state index in [0.29, 0.717) is 0 Å². The number of rotatable bonds is 2. The van der Waals surface area contributed by atoms with Gasteiger partial charge in [-0.1, -0.05) is 39.7 Å². The smallest absolute Gasteiger partial charge is 0.124 e. The fourth-order valence-electron chi connectivity index (χ4n) is 2.77. The van der Waals surface area contributed by atoms with E-state index >= 15 is 0 Å². The average Bonchev–Trinajstić information content (AvgIpc) is 2.75. The average molecular weight is 248 g/mol. The molecule has 1 aliphatic carbocycles. The summed E-state index contributed by atoms with van der Waals surface area (Å²) in [5.41, 5.74) is 1.62. The largest absolute Gasteiger partial charge is 0.496 e. The maximum Gasteiger partial charge on any atom is 0.124 e. The minimum atomic E-state index is -0.688. The molecule has 1 aromatic rings. The molecule has 0 radical (unpaired) electrons. The second kappa shape index (κ2) is 4.58. The van der Waals surface area contributed by atoms with Crippen molar-refractivity contribution in [2.75, 3.05) is 7.11 Å². The Hall–Kier alpha value is -1.02. The van der Waals surface area contributed by atoms with Crippen LogP contribution in [-0.4, -0.2) is 12.2 Å². The zero-order valence-electron chi connectivity index (χ0n) is 11.9. The van der Waals surface area contributed by atoms with E-state index in [4.69, 9.17) is 4.74 Å². The van der Waals surface area contributed by atoms with Gasteiger partial charge in [-0.25, -0.2) is 0 Å². The standard InChI is InChI=1S/C16H24O2/c1-15(2,3)12-7-8-14(18-4)13(11-12)16(17)9-5-6-10-16/h7-8,11,17H,5-6,9-10H2,1-4H3. The van der Waals surface area contributed by atoms with Crippen molar-refractivity contribution in [3.05, 3.63) is 29.3 Å². The monoisotopic (exact) mass is 248 g/mol. The molecule has 18 heavy (non-hydrogen) atoms.